The van der Waals surface area contributed by atoms with Gasteiger partial charge in [0.2, 0.25) is 0 Å². The molecule has 0 amide bonds. The first-order valence-electron chi connectivity index (χ1n) is 11.0. The lowest BCUT2D eigenvalue weighted by molar-refractivity contribution is 0.770. The molecule has 0 fully saturated rings. The first-order chi connectivity index (χ1) is 15.0. The van der Waals surface area contributed by atoms with Gasteiger partial charge in [0.1, 0.15) is 0 Å². The van der Waals surface area contributed by atoms with Gasteiger partial charge >= 0.3 is 0 Å². The minimum absolute atomic E-state index is 0.967. The Kier molecular flexibility index (Phi) is 4.62. The summed E-state index contributed by atoms with van der Waals surface area (Å²) in [7, 11) is 4.15. The lowest BCUT2D eigenvalue weighted by atomic mass is 9.97. The third-order valence-corrected chi connectivity index (χ3v) is 6.57. The fraction of sp³-hybridized carbons (Fsp3) is 0.214. The molecule has 0 saturated carbocycles. The minimum Gasteiger partial charge on any atom is -0.378 e. The van der Waals surface area contributed by atoms with Gasteiger partial charge in [0.25, 0.3) is 0 Å². The van der Waals surface area contributed by atoms with Crippen molar-refractivity contribution in [2.45, 2.75) is 27.3 Å². The van der Waals surface area contributed by atoms with Crippen LogP contribution in [0.1, 0.15) is 18.2 Å². The average molecular weight is 408 g/mol. The molecule has 5 rings (SSSR count). The molecule has 0 radical (unpaired) electrons. The molecule has 0 aliphatic heterocycles. The number of H-pyrrole nitrogens is 1. The average Bonchev–Trinajstić information content (AvgIpc) is 3.26. The Morgan fingerprint density at radius 2 is 1.61 bits per heavy atom. The van der Waals surface area contributed by atoms with Crippen LogP contribution >= 0.6 is 0 Å². The number of hydrogen-bond acceptors (Lipinski definition) is 1. The van der Waals surface area contributed by atoms with E-state index in [1.165, 1.54) is 61.1 Å². The van der Waals surface area contributed by atoms with E-state index in [0.717, 1.165) is 6.54 Å². The third-order valence-electron chi connectivity index (χ3n) is 6.57. The molecule has 0 spiro atoms. The number of nitrogens with one attached hydrogen (secondary N) is 1. The van der Waals surface area contributed by atoms with Crippen molar-refractivity contribution in [3.05, 3.63) is 78.0 Å². The fourth-order valence-corrected chi connectivity index (χ4v) is 5.00. The summed E-state index contributed by atoms with van der Waals surface area (Å²) < 4.78 is 2.41. The number of benzene rings is 3. The Morgan fingerprint density at radius 3 is 2.32 bits per heavy atom. The Bertz CT molecular complexity index is 1400. The van der Waals surface area contributed by atoms with E-state index in [1.54, 1.807) is 0 Å². The number of rotatable bonds is 4. The zero-order valence-corrected chi connectivity index (χ0v) is 19.0. The Labute approximate surface area is 183 Å². The van der Waals surface area contributed by atoms with Crippen LogP contribution in [0.4, 0.5) is 5.69 Å². The third kappa shape index (κ3) is 2.96. The molecule has 1 N–H and O–H groups in total. The van der Waals surface area contributed by atoms with E-state index in [0.29, 0.717) is 0 Å². The highest BCUT2D eigenvalue weighted by Crippen LogP contribution is 2.41. The molecule has 0 atom stereocenters. The molecular weight excluding hydrogens is 378 g/mol. The summed E-state index contributed by atoms with van der Waals surface area (Å²) in [6.07, 6.45) is 0. The summed E-state index contributed by atoms with van der Waals surface area (Å²) in [5.74, 6) is 0. The zero-order valence-electron chi connectivity index (χ0n) is 19.0. The van der Waals surface area contributed by atoms with Gasteiger partial charge < -0.3 is 14.5 Å². The molecule has 0 aliphatic rings. The maximum Gasteiger partial charge on any atom is 0.0519 e. The molecule has 0 unspecified atom stereocenters. The quantitative estimate of drug-likeness (QED) is 0.336. The van der Waals surface area contributed by atoms with E-state index >= 15 is 0 Å². The first-order valence-corrected chi connectivity index (χ1v) is 11.0. The van der Waals surface area contributed by atoms with E-state index in [9.17, 15) is 0 Å². The smallest absolute Gasteiger partial charge is 0.0519 e. The van der Waals surface area contributed by atoms with Gasteiger partial charge in [-0.1, -0.05) is 42.5 Å². The zero-order chi connectivity index (χ0) is 21.7. The predicted octanol–water partition coefficient (Wildman–Crippen LogP) is 7.16. The maximum atomic E-state index is 3.77. The molecule has 31 heavy (non-hydrogen) atoms. The lowest BCUT2D eigenvalue weighted by Gasteiger charge is -2.13. The van der Waals surface area contributed by atoms with Gasteiger partial charge in [-0.15, -0.1) is 0 Å². The molecule has 156 valence electrons. The number of fused-ring (bicyclic) bond motifs is 2. The fourth-order valence-electron chi connectivity index (χ4n) is 5.00. The summed E-state index contributed by atoms with van der Waals surface area (Å²) in [5.41, 5.74) is 11.4. The summed E-state index contributed by atoms with van der Waals surface area (Å²) in [4.78, 5) is 5.90. The molecule has 0 saturated heterocycles. The van der Waals surface area contributed by atoms with E-state index in [4.69, 9.17) is 0 Å². The van der Waals surface area contributed by atoms with Gasteiger partial charge in [0.05, 0.1) is 5.69 Å². The molecular formula is C28H29N3. The van der Waals surface area contributed by atoms with E-state index < -0.39 is 0 Å². The second-order valence-electron chi connectivity index (χ2n) is 8.52. The van der Waals surface area contributed by atoms with Crippen LogP contribution in [0.2, 0.25) is 0 Å². The molecule has 3 nitrogen and oxygen atoms in total. The van der Waals surface area contributed by atoms with E-state index in [1.807, 2.05) is 0 Å². The highest BCUT2D eigenvalue weighted by atomic mass is 15.1. The van der Waals surface area contributed by atoms with Crippen LogP contribution in [0.3, 0.4) is 0 Å². The highest BCUT2D eigenvalue weighted by molar-refractivity contribution is 6.06. The van der Waals surface area contributed by atoms with Crippen LogP contribution in [0.15, 0.2) is 66.7 Å². The van der Waals surface area contributed by atoms with Crippen molar-refractivity contribution in [1.82, 2.24) is 9.55 Å². The van der Waals surface area contributed by atoms with Crippen LogP contribution in [0.25, 0.3) is 44.2 Å². The van der Waals surface area contributed by atoms with Crippen LogP contribution in [0, 0.1) is 13.8 Å². The van der Waals surface area contributed by atoms with Gasteiger partial charge in [-0.25, -0.2) is 0 Å². The number of nitrogens with zero attached hydrogens (tertiary/aromatic N) is 2. The van der Waals surface area contributed by atoms with Crippen molar-refractivity contribution >= 4 is 27.5 Å². The number of aromatic amines is 1. The summed E-state index contributed by atoms with van der Waals surface area (Å²) >= 11 is 0. The van der Waals surface area contributed by atoms with Crippen molar-refractivity contribution in [2.24, 2.45) is 0 Å². The Hall–Kier alpha value is -3.46. The molecule has 0 aliphatic carbocycles. The molecule has 5 aromatic rings. The highest BCUT2D eigenvalue weighted by Gasteiger charge is 2.20. The molecule has 2 heterocycles. The molecule has 0 bridgehead atoms. The molecule has 2 aromatic heterocycles. The van der Waals surface area contributed by atoms with E-state index in [2.05, 4.69) is 116 Å². The van der Waals surface area contributed by atoms with Gasteiger partial charge in [-0.3, -0.25) is 0 Å². The van der Waals surface area contributed by atoms with E-state index in [-0.39, 0.29) is 0 Å². The Morgan fingerprint density at radius 1 is 0.871 bits per heavy atom. The van der Waals surface area contributed by atoms with Crippen molar-refractivity contribution in [3.63, 3.8) is 0 Å². The summed E-state index contributed by atoms with van der Waals surface area (Å²) in [5, 5.41) is 2.62. The number of para-hydroxylation sites is 1. The second kappa shape index (κ2) is 7.35. The Balaban J connectivity index is 1.76. The van der Waals surface area contributed by atoms with Gasteiger partial charge in [0.15, 0.2) is 0 Å². The summed E-state index contributed by atoms with van der Waals surface area (Å²) in [6, 6.07) is 24.2. The minimum atomic E-state index is 0.967. The lowest BCUT2D eigenvalue weighted by Crippen LogP contribution is -2.07. The standard InChI is InChI=1S/C28H29N3/c1-6-31-19(3)27(23-10-7-8-13-25(23)31)28-18(2)26-22(11-9-12-24(26)29-28)20-14-16-21(17-15-20)30(4)5/h7-17,29H,6H2,1-5H3. The summed E-state index contributed by atoms with van der Waals surface area (Å²) in [6.45, 7) is 7.68. The number of aryl methyl sites for hydroxylation is 2. The van der Waals surface area contributed by atoms with Crippen LogP contribution in [-0.4, -0.2) is 23.6 Å². The maximum absolute atomic E-state index is 3.77. The topological polar surface area (TPSA) is 24.0 Å². The van der Waals surface area contributed by atoms with Crippen molar-refractivity contribution < 1.29 is 0 Å². The predicted molar refractivity (Wildman–Crippen MR) is 134 cm³/mol. The number of hydrogen-bond donors (Lipinski definition) is 1. The van der Waals surface area contributed by atoms with Crippen molar-refractivity contribution in [1.29, 1.82) is 0 Å². The van der Waals surface area contributed by atoms with Gasteiger partial charge in [-0.05, 0) is 61.7 Å². The molecule has 3 aromatic carbocycles. The van der Waals surface area contributed by atoms with Crippen molar-refractivity contribution in [2.75, 3.05) is 19.0 Å². The van der Waals surface area contributed by atoms with Crippen LogP contribution < -0.4 is 4.90 Å². The van der Waals surface area contributed by atoms with Crippen LogP contribution in [-0.2, 0) is 6.54 Å². The SMILES string of the molecule is CCn1c(C)c(-c2[nH]c3cccc(-c4ccc(N(C)C)cc4)c3c2C)c2ccccc21. The first kappa shape index (κ1) is 19.5. The van der Waals surface area contributed by atoms with Gasteiger partial charge in [-0.2, -0.15) is 0 Å². The van der Waals surface area contributed by atoms with Crippen molar-refractivity contribution in [3.8, 4) is 22.4 Å². The normalized spacial score (nSPS) is 11.5. The largest absolute Gasteiger partial charge is 0.378 e. The molecule has 3 heteroatoms. The monoisotopic (exact) mass is 407 g/mol. The number of anilines is 1. The second-order valence-corrected chi connectivity index (χ2v) is 8.52. The van der Waals surface area contributed by atoms with Crippen LogP contribution in [0.5, 0.6) is 0 Å². The number of aromatic nitrogens is 2. The van der Waals surface area contributed by atoms with Gasteiger partial charge in [0, 0.05) is 59.4 Å².